The summed E-state index contributed by atoms with van der Waals surface area (Å²) in [6.07, 6.45) is 0.308. The Morgan fingerprint density at radius 3 is 2.50 bits per heavy atom. The highest BCUT2D eigenvalue weighted by atomic mass is 16.6. The van der Waals surface area contributed by atoms with E-state index >= 15 is 0 Å². The van der Waals surface area contributed by atoms with Crippen LogP contribution in [0, 0.1) is 10.1 Å². The molecule has 0 saturated carbocycles. The number of rotatable bonds is 4. The normalized spacial score (nSPS) is 16.3. The number of hydrogen-bond acceptors (Lipinski definition) is 3. The maximum Gasteiger partial charge on any atom is 0.212 e. The standard InChI is InChI=1S/C6H13NO3/c1-3-6(8)4-5(2)7(9)10/h5-6,8H,3-4H2,1-2H3. The molecule has 10 heavy (non-hydrogen) atoms. The van der Waals surface area contributed by atoms with E-state index in [-0.39, 0.29) is 11.3 Å². The van der Waals surface area contributed by atoms with Crippen LogP contribution < -0.4 is 0 Å². The molecule has 4 heteroatoms. The molecule has 0 heterocycles. The van der Waals surface area contributed by atoms with Crippen LogP contribution in [-0.2, 0) is 0 Å². The Labute approximate surface area is 60.0 Å². The first kappa shape index (κ1) is 9.36. The maximum absolute atomic E-state index is 10.0. The lowest BCUT2D eigenvalue weighted by Gasteiger charge is -2.07. The molecule has 0 aromatic rings. The summed E-state index contributed by atoms with van der Waals surface area (Å²) in [5.41, 5.74) is 0. The number of nitrogens with zero attached hydrogens (tertiary/aromatic N) is 1. The van der Waals surface area contributed by atoms with Crippen molar-refractivity contribution in [1.82, 2.24) is 0 Å². The fourth-order valence-corrected chi connectivity index (χ4v) is 0.646. The van der Waals surface area contributed by atoms with E-state index in [4.69, 9.17) is 5.11 Å². The van der Waals surface area contributed by atoms with E-state index in [1.807, 2.05) is 0 Å². The van der Waals surface area contributed by atoms with Crippen molar-refractivity contribution in [2.24, 2.45) is 0 Å². The van der Waals surface area contributed by atoms with E-state index < -0.39 is 12.1 Å². The van der Waals surface area contributed by atoms with Gasteiger partial charge in [-0.15, -0.1) is 0 Å². The molecular weight excluding hydrogens is 134 g/mol. The van der Waals surface area contributed by atoms with Crippen molar-refractivity contribution in [3.8, 4) is 0 Å². The van der Waals surface area contributed by atoms with E-state index in [0.717, 1.165) is 0 Å². The SMILES string of the molecule is CCC(O)CC(C)[N+](=O)[O-]. The van der Waals surface area contributed by atoms with Gasteiger partial charge in [0.2, 0.25) is 6.04 Å². The maximum atomic E-state index is 10.0. The summed E-state index contributed by atoms with van der Waals surface area (Å²) in [4.78, 5) is 9.67. The zero-order valence-corrected chi connectivity index (χ0v) is 6.28. The van der Waals surface area contributed by atoms with E-state index in [1.165, 1.54) is 6.92 Å². The Hall–Kier alpha value is -0.640. The summed E-state index contributed by atoms with van der Waals surface area (Å²) in [6, 6.07) is -0.630. The Balaban J connectivity index is 3.56. The third-order valence-electron chi connectivity index (χ3n) is 1.44. The lowest BCUT2D eigenvalue weighted by atomic mass is 10.1. The number of aliphatic hydroxyl groups is 1. The van der Waals surface area contributed by atoms with Gasteiger partial charge in [-0.1, -0.05) is 6.92 Å². The largest absolute Gasteiger partial charge is 0.393 e. The van der Waals surface area contributed by atoms with Crippen molar-refractivity contribution in [2.45, 2.75) is 38.8 Å². The highest BCUT2D eigenvalue weighted by molar-refractivity contribution is 4.57. The Bertz CT molecular complexity index is 116. The van der Waals surface area contributed by atoms with Crippen LogP contribution in [0.15, 0.2) is 0 Å². The van der Waals surface area contributed by atoms with Gasteiger partial charge in [-0.3, -0.25) is 10.1 Å². The van der Waals surface area contributed by atoms with Crippen molar-refractivity contribution < 1.29 is 10.0 Å². The van der Waals surface area contributed by atoms with Crippen molar-refractivity contribution >= 4 is 0 Å². The summed E-state index contributed by atoms with van der Waals surface area (Å²) in [5.74, 6) is 0. The predicted octanol–water partition coefficient (Wildman–Crippen LogP) is 0.813. The number of hydrogen-bond donors (Lipinski definition) is 1. The van der Waals surface area contributed by atoms with Crippen molar-refractivity contribution in [3.05, 3.63) is 10.1 Å². The van der Waals surface area contributed by atoms with Gasteiger partial charge in [-0.25, -0.2) is 0 Å². The van der Waals surface area contributed by atoms with Crippen LogP contribution in [0.2, 0.25) is 0 Å². The summed E-state index contributed by atoms with van der Waals surface area (Å²) in [5, 5.41) is 19.0. The van der Waals surface area contributed by atoms with Crippen LogP contribution in [0.3, 0.4) is 0 Å². The summed E-state index contributed by atoms with van der Waals surface area (Å²) >= 11 is 0. The van der Waals surface area contributed by atoms with Gasteiger partial charge in [-0.05, 0) is 6.42 Å². The second-order valence-electron chi connectivity index (χ2n) is 2.43. The molecule has 0 saturated heterocycles. The van der Waals surface area contributed by atoms with Gasteiger partial charge in [0.15, 0.2) is 0 Å². The summed E-state index contributed by atoms with van der Waals surface area (Å²) < 4.78 is 0. The molecule has 0 rings (SSSR count). The highest BCUT2D eigenvalue weighted by Crippen LogP contribution is 2.03. The predicted molar refractivity (Wildman–Crippen MR) is 37.4 cm³/mol. The Morgan fingerprint density at radius 2 is 2.20 bits per heavy atom. The van der Waals surface area contributed by atoms with Crippen LogP contribution >= 0.6 is 0 Å². The molecule has 0 aromatic heterocycles. The van der Waals surface area contributed by atoms with Crippen molar-refractivity contribution in [3.63, 3.8) is 0 Å². The molecule has 2 unspecified atom stereocenters. The van der Waals surface area contributed by atoms with Gasteiger partial charge in [0, 0.05) is 18.3 Å². The third kappa shape index (κ3) is 3.40. The molecule has 0 spiro atoms. The van der Waals surface area contributed by atoms with Crippen LogP contribution in [0.25, 0.3) is 0 Å². The lowest BCUT2D eigenvalue weighted by molar-refractivity contribution is -0.520. The molecule has 60 valence electrons. The molecular formula is C6H13NO3. The Morgan fingerprint density at radius 1 is 1.70 bits per heavy atom. The lowest BCUT2D eigenvalue weighted by Crippen LogP contribution is -2.21. The van der Waals surface area contributed by atoms with Gasteiger partial charge in [0.1, 0.15) is 0 Å². The van der Waals surface area contributed by atoms with Crippen LogP contribution in [0.5, 0.6) is 0 Å². The van der Waals surface area contributed by atoms with E-state index in [1.54, 1.807) is 6.92 Å². The number of nitro groups is 1. The topological polar surface area (TPSA) is 63.4 Å². The molecule has 0 amide bonds. The molecule has 0 aliphatic rings. The molecule has 0 aliphatic carbocycles. The van der Waals surface area contributed by atoms with Crippen LogP contribution in [0.1, 0.15) is 26.7 Å². The first-order valence-corrected chi connectivity index (χ1v) is 3.39. The molecule has 0 radical (unpaired) electrons. The third-order valence-corrected chi connectivity index (χ3v) is 1.44. The summed E-state index contributed by atoms with van der Waals surface area (Å²) in [6.45, 7) is 3.30. The second-order valence-corrected chi connectivity index (χ2v) is 2.43. The summed E-state index contributed by atoms with van der Waals surface area (Å²) in [7, 11) is 0. The van der Waals surface area contributed by atoms with Crippen molar-refractivity contribution in [1.29, 1.82) is 0 Å². The van der Waals surface area contributed by atoms with Gasteiger partial charge in [0.25, 0.3) is 0 Å². The van der Waals surface area contributed by atoms with E-state index in [2.05, 4.69) is 0 Å². The molecule has 0 bridgehead atoms. The molecule has 0 aliphatic heterocycles. The molecule has 0 aromatic carbocycles. The average molecular weight is 147 g/mol. The minimum absolute atomic E-state index is 0.253. The van der Waals surface area contributed by atoms with Crippen LogP contribution in [-0.4, -0.2) is 22.2 Å². The molecule has 0 fully saturated rings. The second kappa shape index (κ2) is 4.22. The smallest absolute Gasteiger partial charge is 0.212 e. The molecule has 4 nitrogen and oxygen atoms in total. The van der Waals surface area contributed by atoms with Gasteiger partial charge < -0.3 is 5.11 Å². The minimum Gasteiger partial charge on any atom is -0.393 e. The first-order valence-electron chi connectivity index (χ1n) is 3.39. The van der Waals surface area contributed by atoms with Gasteiger partial charge in [-0.2, -0.15) is 0 Å². The van der Waals surface area contributed by atoms with Gasteiger partial charge >= 0.3 is 0 Å². The molecule has 1 N–H and O–H groups in total. The van der Waals surface area contributed by atoms with Gasteiger partial charge in [0.05, 0.1) is 6.10 Å². The quantitative estimate of drug-likeness (QED) is 0.472. The minimum atomic E-state index is -0.630. The number of aliphatic hydroxyl groups excluding tert-OH is 1. The molecule has 2 atom stereocenters. The van der Waals surface area contributed by atoms with Crippen LogP contribution in [0.4, 0.5) is 0 Å². The fourth-order valence-electron chi connectivity index (χ4n) is 0.646. The van der Waals surface area contributed by atoms with E-state index in [0.29, 0.717) is 6.42 Å². The average Bonchev–Trinajstić information content (AvgIpc) is 1.87. The highest BCUT2D eigenvalue weighted by Gasteiger charge is 2.16. The monoisotopic (exact) mass is 147 g/mol. The zero-order valence-electron chi connectivity index (χ0n) is 6.28. The Kier molecular flexibility index (Phi) is 3.95. The van der Waals surface area contributed by atoms with Crippen molar-refractivity contribution in [2.75, 3.05) is 0 Å². The fraction of sp³-hybridized carbons (Fsp3) is 1.00. The van der Waals surface area contributed by atoms with E-state index in [9.17, 15) is 10.1 Å². The first-order chi connectivity index (χ1) is 4.57. The zero-order chi connectivity index (χ0) is 8.15.